The second-order valence-corrected chi connectivity index (χ2v) is 5.81. The first-order valence-electron chi connectivity index (χ1n) is 7.27. The lowest BCUT2D eigenvalue weighted by atomic mass is 9.78. The molecule has 3 rings (SSSR count). The number of rotatable bonds is 3. The highest BCUT2D eigenvalue weighted by molar-refractivity contribution is 5.85. The van der Waals surface area contributed by atoms with Crippen molar-refractivity contribution in [2.24, 2.45) is 5.92 Å². The predicted octanol–water partition coefficient (Wildman–Crippen LogP) is 3.49. The summed E-state index contributed by atoms with van der Waals surface area (Å²) in [6.07, 6.45) is 4.13. The summed E-state index contributed by atoms with van der Waals surface area (Å²) in [6, 6.07) is 2.79. The Kier molecular flexibility index (Phi) is 6.86. The first-order valence-corrected chi connectivity index (χ1v) is 7.27. The molecular formula is C15H26Cl2N2O. The van der Waals surface area contributed by atoms with Gasteiger partial charge in [0.1, 0.15) is 11.5 Å². The van der Waals surface area contributed by atoms with Crippen molar-refractivity contribution in [2.45, 2.75) is 39.2 Å². The normalized spacial score (nSPS) is 21.5. The zero-order valence-electron chi connectivity index (χ0n) is 12.4. The fraction of sp³-hybridized carbons (Fsp3) is 0.733. The van der Waals surface area contributed by atoms with E-state index in [9.17, 15) is 0 Å². The molecule has 20 heavy (non-hydrogen) atoms. The molecule has 1 N–H and O–H groups in total. The zero-order chi connectivity index (χ0) is 12.5. The van der Waals surface area contributed by atoms with E-state index in [4.69, 9.17) is 4.42 Å². The van der Waals surface area contributed by atoms with Gasteiger partial charge in [-0.1, -0.05) is 6.42 Å². The van der Waals surface area contributed by atoms with Crippen LogP contribution < -0.4 is 5.32 Å². The van der Waals surface area contributed by atoms with Crippen LogP contribution in [0.1, 0.15) is 42.4 Å². The van der Waals surface area contributed by atoms with Crippen LogP contribution in [-0.4, -0.2) is 31.1 Å². The summed E-state index contributed by atoms with van der Waals surface area (Å²) in [7, 11) is 0. The Balaban J connectivity index is 0.000001000. The van der Waals surface area contributed by atoms with Gasteiger partial charge < -0.3 is 9.73 Å². The molecule has 2 aliphatic rings. The quantitative estimate of drug-likeness (QED) is 0.924. The monoisotopic (exact) mass is 320 g/mol. The van der Waals surface area contributed by atoms with Gasteiger partial charge in [0.2, 0.25) is 0 Å². The number of halogens is 2. The molecule has 5 heteroatoms. The highest BCUT2D eigenvalue weighted by atomic mass is 35.5. The number of nitrogens with one attached hydrogen (secondary N) is 1. The molecular weight excluding hydrogens is 295 g/mol. The number of furan rings is 1. The van der Waals surface area contributed by atoms with Gasteiger partial charge in [0.15, 0.2) is 0 Å². The standard InChI is InChI=1S/C15H24N2O.2ClH/c1-11-10-14(18-12(11)2)15(13-4-3-5-13)17-8-6-16-7-9-17;;/h10,13,15-16H,3-9H2,1-2H3;2*1H/t15-;;/m0../s1. The maximum atomic E-state index is 6.02. The van der Waals surface area contributed by atoms with Crippen LogP contribution in [0.5, 0.6) is 0 Å². The lowest BCUT2D eigenvalue weighted by Crippen LogP contribution is -2.47. The highest BCUT2D eigenvalue weighted by Gasteiger charge is 2.35. The van der Waals surface area contributed by atoms with Gasteiger partial charge in [-0.3, -0.25) is 4.90 Å². The molecule has 1 saturated carbocycles. The number of nitrogens with zero attached hydrogens (tertiary/aromatic N) is 1. The summed E-state index contributed by atoms with van der Waals surface area (Å²) < 4.78 is 6.02. The van der Waals surface area contributed by atoms with E-state index in [-0.39, 0.29) is 24.8 Å². The smallest absolute Gasteiger partial charge is 0.121 e. The molecule has 0 unspecified atom stereocenters. The van der Waals surface area contributed by atoms with Crippen LogP contribution in [0, 0.1) is 19.8 Å². The van der Waals surface area contributed by atoms with Gasteiger partial charge in [-0.25, -0.2) is 0 Å². The fourth-order valence-electron chi connectivity index (χ4n) is 3.17. The summed E-state index contributed by atoms with van der Waals surface area (Å²) in [5.74, 6) is 3.11. The third kappa shape index (κ3) is 3.51. The minimum atomic E-state index is 0. The SMILES string of the molecule is Cc1cc([C@H](C2CCC2)N2CCNCC2)oc1C.Cl.Cl. The van der Waals surface area contributed by atoms with E-state index in [0.29, 0.717) is 6.04 Å². The maximum absolute atomic E-state index is 6.02. The Morgan fingerprint density at radius 1 is 1.20 bits per heavy atom. The Morgan fingerprint density at radius 2 is 1.85 bits per heavy atom. The summed E-state index contributed by atoms with van der Waals surface area (Å²) in [6.45, 7) is 8.76. The van der Waals surface area contributed by atoms with Crippen LogP contribution >= 0.6 is 24.8 Å². The molecule has 1 saturated heterocycles. The van der Waals surface area contributed by atoms with Crippen molar-refractivity contribution in [3.8, 4) is 0 Å². The molecule has 1 aromatic rings. The van der Waals surface area contributed by atoms with Gasteiger partial charge in [0.25, 0.3) is 0 Å². The van der Waals surface area contributed by atoms with E-state index in [1.807, 2.05) is 0 Å². The van der Waals surface area contributed by atoms with E-state index in [1.165, 1.54) is 30.6 Å². The van der Waals surface area contributed by atoms with Crippen molar-refractivity contribution in [3.63, 3.8) is 0 Å². The van der Waals surface area contributed by atoms with Crippen molar-refractivity contribution < 1.29 is 4.42 Å². The molecule has 1 aromatic heterocycles. The molecule has 0 aromatic carbocycles. The van der Waals surface area contributed by atoms with Crippen LogP contribution in [0.15, 0.2) is 10.5 Å². The lowest BCUT2D eigenvalue weighted by molar-refractivity contribution is 0.0679. The van der Waals surface area contributed by atoms with Crippen molar-refractivity contribution in [1.29, 1.82) is 0 Å². The number of hydrogen-bond acceptors (Lipinski definition) is 3. The average Bonchev–Trinajstić information content (AvgIpc) is 2.65. The third-order valence-electron chi connectivity index (χ3n) is 4.62. The van der Waals surface area contributed by atoms with Gasteiger partial charge in [0.05, 0.1) is 6.04 Å². The van der Waals surface area contributed by atoms with Gasteiger partial charge in [-0.2, -0.15) is 0 Å². The van der Waals surface area contributed by atoms with E-state index in [2.05, 4.69) is 30.1 Å². The highest BCUT2D eigenvalue weighted by Crippen LogP contribution is 2.42. The molecule has 1 atom stereocenters. The Morgan fingerprint density at radius 3 is 2.30 bits per heavy atom. The molecule has 0 spiro atoms. The summed E-state index contributed by atoms with van der Waals surface area (Å²) >= 11 is 0. The molecule has 1 aliphatic carbocycles. The van der Waals surface area contributed by atoms with E-state index in [0.717, 1.165) is 37.9 Å². The molecule has 0 radical (unpaired) electrons. The molecule has 116 valence electrons. The first kappa shape index (κ1) is 17.8. The van der Waals surface area contributed by atoms with Crippen molar-refractivity contribution in [2.75, 3.05) is 26.2 Å². The van der Waals surface area contributed by atoms with Crippen LogP contribution in [0.4, 0.5) is 0 Å². The summed E-state index contributed by atoms with van der Waals surface area (Å²) in [5.41, 5.74) is 1.30. The molecule has 2 heterocycles. The van der Waals surface area contributed by atoms with Crippen LogP contribution in [0.25, 0.3) is 0 Å². The number of aryl methyl sites for hydroxylation is 2. The van der Waals surface area contributed by atoms with Crippen molar-refractivity contribution in [3.05, 3.63) is 23.2 Å². The Labute approximate surface area is 134 Å². The lowest BCUT2D eigenvalue weighted by Gasteiger charge is -2.41. The molecule has 0 amide bonds. The summed E-state index contributed by atoms with van der Waals surface area (Å²) in [4.78, 5) is 2.62. The average molecular weight is 321 g/mol. The Bertz CT molecular complexity index is 393. The number of piperazine rings is 1. The largest absolute Gasteiger partial charge is 0.464 e. The molecule has 1 aliphatic heterocycles. The van der Waals surface area contributed by atoms with E-state index in [1.54, 1.807) is 0 Å². The second kappa shape index (κ2) is 7.69. The molecule has 0 bridgehead atoms. The van der Waals surface area contributed by atoms with Gasteiger partial charge in [0, 0.05) is 26.2 Å². The molecule has 3 nitrogen and oxygen atoms in total. The number of hydrogen-bond donors (Lipinski definition) is 1. The van der Waals surface area contributed by atoms with E-state index < -0.39 is 0 Å². The summed E-state index contributed by atoms with van der Waals surface area (Å²) in [5, 5.41) is 3.44. The maximum Gasteiger partial charge on any atom is 0.121 e. The van der Waals surface area contributed by atoms with E-state index >= 15 is 0 Å². The second-order valence-electron chi connectivity index (χ2n) is 5.81. The van der Waals surface area contributed by atoms with Crippen LogP contribution in [0.2, 0.25) is 0 Å². The predicted molar refractivity (Wildman–Crippen MR) is 87.2 cm³/mol. The topological polar surface area (TPSA) is 28.4 Å². The van der Waals surface area contributed by atoms with Gasteiger partial charge >= 0.3 is 0 Å². The van der Waals surface area contributed by atoms with Crippen molar-refractivity contribution >= 4 is 24.8 Å². The minimum absolute atomic E-state index is 0. The minimum Gasteiger partial charge on any atom is -0.464 e. The van der Waals surface area contributed by atoms with Crippen molar-refractivity contribution in [1.82, 2.24) is 10.2 Å². The third-order valence-corrected chi connectivity index (χ3v) is 4.62. The first-order chi connectivity index (χ1) is 8.75. The Hall–Kier alpha value is -0.220. The fourth-order valence-corrected chi connectivity index (χ4v) is 3.17. The van der Waals surface area contributed by atoms with Crippen LogP contribution in [0.3, 0.4) is 0 Å². The van der Waals surface area contributed by atoms with Gasteiger partial charge in [-0.15, -0.1) is 24.8 Å². The zero-order valence-corrected chi connectivity index (χ0v) is 14.0. The van der Waals surface area contributed by atoms with Crippen LogP contribution in [-0.2, 0) is 0 Å². The molecule has 2 fully saturated rings. The van der Waals surface area contributed by atoms with Gasteiger partial charge in [-0.05, 0) is 44.2 Å².